The SMILES string of the molecule is COC(=O)c1cn(C)c2c(N)cccc12. The molecule has 0 saturated heterocycles. The first-order chi connectivity index (χ1) is 7.15. The molecule has 78 valence electrons. The number of esters is 1. The molecule has 0 aliphatic rings. The third-order valence-electron chi connectivity index (χ3n) is 2.44. The molecule has 0 unspecified atom stereocenters. The highest BCUT2D eigenvalue weighted by atomic mass is 16.5. The number of benzene rings is 1. The maximum absolute atomic E-state index is 11.5. The normalized spacial score (nSPS) is 10.5. The van der Waals surface area contributed by atoms with Gasteiger partial charge in [-0.15, -0.1) is 0 Å². The van der Waals surface area contributed by atoms with Gasteiger partial charge in [-0.25, -0.2) is 4.79 Å². The van der Waals surface area contributed by atoms with E-state index in [-0.39, 0.29) is 5.97 Å². The van der Waals surface area contributed by atoms with Crippen LogP contribution < -0.4 is 5.73 Å². The summed E-state index contributed by atoms with van der Waals surface area (Å²) < 4.78 is 6.53. The van der Waals surface area contributed by atoms with Crippen molar-refractivity contribution in [1.29, 1.82) is 0 Å². The number of anilines is 1. The van der Waals surface area contributed by atoms with Crippen LogP contribution in [0.25, 0.3) is 10.9 Å². The Labute approximate surface area is 87.2 Å². The number of carbonyl (C=O) groups is 1. The van der Waals surface area contributed by atoms with Crippen LogP contribution >= 0.6 is 0 Å². The van der Waals surface area contributed by atoms with Gasteiger partial charge < -0.3 is 15.0 Å². The maximum atomic E-state index is 11.5. The number of aromatic nitrogens is 1. The Morgan fingerprint density at radius 3 is 2.87 bits per heavy atom. The third kappa shape index (κ3) is 1.34. The Morgan fingerprint density at radius 1 is 1.47 bits per heavy atom. The van der Waals surface area contributed by atoms with Crippen LogP contribution in [0, 0.1) is 0 Å². The van der Waals surface area contributed by atoms with Crippen LogP contribution in [-0.4, -0.2) is 17.6 Å². The lowest BCUT2D eigenvalue weighted by molar-refractivity contribution is 0.0603. The standard InChI is InChI=1S/C11H12N2O2/c1-13-6-8(11(14)15-2)7-4-3-5-9(12)10(7)13/h3-6H,12H2,1-2H3. The van der Waals surface area contributed by atoms with Crippen LogP contribution in [0.1, 0.15) is 10.4 Å². The summed E-state index contributed by atoms with van der Waals surface area (Å²) in [5, 5.41) is 0.823. The quantitative estimate of drug-likeness (QED) is 0.566. The Morgan fingerprint density at radius 2 is 2.20 bits per heavy atom. The largest absolute Gasteiger partial charge is 0.465 e. The van der Waals surface area contributed by atoms with Crippen molar-refractivity contribution in [2.24, 2.45) is 7.05 Å². The number of ether oxygens (including phenoxy) is 1. The summed E-state index contributed by atoms with van der Waals surface area (Å²) in [7, 11) is 3.22. The number of fused-ring (bicyclic) bond motifs is 1. The monoisotopic (exact) mass is 204 g/mol. The number of carbonyl (C=O) groups excluding carboxylic acids is 1. The molecule has 0 amide bonds. The van der Waals surface area contributed by atoms with E-state index in [0.717, 1.165) is 10.9 Å². The van der Waals surface area contributed by atoms with Gasteiger partial charge in [-0.3, -0.25) is 0 Å². The molecule has 1 aromatic carbocycles. The highest BCUT2D eigenvalue weighted by Gasteiger charge is 2.14. The van der Waals surface area contributed by atoms with Gasteiger partial charge in [0, 0.05) is 18.6 Å². The number of nitrogen functional groups attached to an aromatic ring is 1. The van der Waals surface area contributed by atoms with Gasteiger partial charge in [-0.1, -0.05) is 12.1 Å². The minimum atomic E-state index is -0.341. The zero-order valence-electron chi connectivity index (χ0n) is 8.65. The molecule has 2 rings (SSSR count). The molecule has 0 bridgehead atoms. The van der Waals surface area contributed by atoms with Gasteiger partial charge in [0.2, 0.25) is 0 Å². The van der Waals surface area contributed by atoms with Gasteiger partial charge in [0.25, 0.3) is 0 Å². The molecule has 0 spiro atoms. The van der Waals surface area contributed by atoms with Gasteiger partial charge >= 0.3 is 5.97 Å². The number of hydrogen-bond acceptors (Lipinski definition) is 3. The lowest BCUT2D eigenvalue weighted by Gasteiger charge is -1.99. The van der Waals surface area contributed by atoms with E-state index in [1.165, 1.54) is 7.11 Å². The number of para-hydroxylation sites is 1. The topological polar surface area (TPSA) is 57.2 Å². The van der Waals surface area contributed by atoms with Gasteiger partial charge in [0.15, 0.2) is 0 Å². The molecule has 1 aromatic heterocycles. The average Bonchev–Trinajstić information content (AvgIpc) is 2.56. The van der Waals surface area contributed by atoms with Crippen molar-refractivity contribution in [3.05, 3.63) is 30.0 Å². The minimum absolute atomic E-state index is 0.341. The fourth-order valence-corrected chi connectivity index (χ4v) is 1.77. The number of rotatable bonds is 1. The summed E-state index contributed by atoms with van der Waals surface area (Å²) >= 11 is 0. The van der Waals surface area contributed by atoms with E-state index < -0.39 is 0 Å². The number of nitrogens with zero attached hydrogens (tertiary/aromatic N) is 1. The predicted octanol–water partition coefficient (Wildman–Crippen LogP) is 1.55. The van der Waals surface area contributed by atoms with Crippen LogP contribution in [0.4, 0.5) is 5.69 Å². The maximum Gasteiger partial charge on any atom is 0.340 e. The molecule has 0 saturated carbocycles. The zero-order chi connectivity index (χ0) is 11.0. The van der Waals surface area contributed by atoms with Crippen molar-refractivity contribution in [3.63, 3.8) is 0 Å². The molecule has 4 nitrogen and oxygen atoms in total. The van der Waals surface area contributed by atoms with Gasteiger partial charge in [0.1, 0.15) is 0 Å². The first-order valence-electron chi connectivity index (χ1n) is 4.57. The van der Waals surface area contributed by atoms with E-state index in [0.29, 0.717) is 11.3 Å². The molecule has 4 heteroatoms. The Balaban J connectivity index is 2.79. The van der Waals surface area contributed by atoms with Crippen molar-refractivity contribution in [2.45, 2.75) is 0 Å². The number of aryl methyl sites for hydroxylation is 1. The van der Waals surface area contributed by atoms with E-state index >= 15 is 0 Å². The molecule has 0 atom stereocenters. The Bertz CT molecular complexity index is 529. The van der Waals surface area contributed by atoms with Crippen molar-refractivity contribution in [3.8, 4) is 0 Å². The van der Waals surface area contributed by atoms with Gasteiger partial charge in [-0.05, 0) is 6.07 Å². The number of nitrogens with two attached hydrogens (primary N) is 1. The molecule has 0 fully saturated rings. The van der Waals surface area contributed by atoms with Crippen LogP contribution in [0.15, 0.2) is 24.4 Å². The number of methoxy groups -OCH3 is 1. The molecule has 0 aliphatic heterocycles. The van der Waals surface area contributed by atoms with Crippen LogP contribution in [0.3, 0.4) is 0 Å². The van der Waals surface area contributed by atoms with Crippen LogP contribution in [-0.2, 0) is 11.8 Å². The van der Waals surface area contributed by atoms with E-state index in [2.05, 4.69) is 0 Å². The van der Waals surface area contributed by atoms with Gasteiger partial charge in [-0.2, -0.15) is 0 Å². The first-order valence-corrected chi connectivity index (χ1v) is 4.57. The van der Waals surface area contributed by atoms with Crippen LogP contribution in [0.5, 0.6) is 0 Å². The van der Waals surface area contributed by atoms with Crippen molar-refractivity contribution in [1.82, 2.24) is 4.57 Å². The second-order valence-corrected chi connectivity index (χ2v) is 3.39. The molecule has 0 aliphatic carbocycles. The average molecular weight is 204 g/mol. The van der Waals surface area contributed by atoms with Crippen molar-refractivity contribution in [2.75, 3.05) is 12.8 Å². The first kappa shape index (κ1) is 9.58. The van der Waals surface area contributed by atoms with Crippen molar-refractivity contribution < 1.29 is 9.53 Å². The predicted molar refractivity (Wildman–Crippen MR) is 58.7 cm³/mol. The smallest absolute Gasteiger partial charge is 0.340 e. The Hall–Kier alpha value is -1.97. The van der Waals surface area contributed by atoms with E-state index in [4.69, 9.17) is 10.5 Å². The molecular weight excluding hydrogens is 192 g/mol. The molecular formula is C11H12N2O2. The summed E-state index contributed by atoms with van der Waals surface area (Å²) in [4.78, 5) is 11.5. The summed E-state index contributed by atoms with van der Waals surface area (Å²) in [5.41, 5.74) is 7.90. The summed E-state index contributed by atoms with van der Waals surface area (Å²) in [5.74, 6) is -0.341. The zero-order valence-corrected chi connectivity index (χ0v) is 8.65. The molecule has 0 radical (unpaired) electrons. The molecule has 2 N–H and O–H groups in total. The fraction of sp³-hybridized carbons (Fsp3) is 0.182. The molecule has 15 heavy (non-hydrogen) atoms. The van der Waals surface area contributed by atoms with Crippen molar-refractivity contribution >= 4 is 22.6 Å². The van der Waals surface area contributed by atoms with E-state index in [9.17, 15) is 4.79 Å². The lowest BCUT2D eigenvalue weighted by Crippen LogP contribution is -1.99. The second-order valence-electron chi connectivity index (χ2n) is 3.39. The summed E-state index contributed by atoms with van der Waals surface area (Å²) in [6.45, 7) is 0. The highest BCUT2D eigenvalue weighted by Crippen LogP contribution is 2.25. The second kappa shape index (κ2) is 3.31. The fourth-order valence-electron chi connectivity index (χ4n) is 1.77. The number of hydrogen-bond donors (Lipinski definition) is 1. The Kier molecular flexibility index (Phi) is 2.11. The van der Waals surface area contributed by atoms with E-state index in [1.54, 1.807) is 6.20 Å². The third-order valence-corrected chi connectivity index (χ3v) is 2.44. The van der Waals surface area contributed by atoms with E-state index in [1.807, 2.05) is 29.8 Å². The van der Waals surface area contributed by atoms with Crippen LogP contribution in [0.2, 0.25) is 0 Å². The lowest BCUT2D eigenvalue weighted by atomic mass is 10.1. The summed E-state index contributed by atoms with van der Waals surface area (Å²) in [6, 6.07) is 5.49. The minimum Gasteiger partial charge on any atom is -0.465 e. The molecule has 2 aromatic rings. The molecule has 1 heterocycles. The van der Waals surface area contributed by atoms with Gasteiger partial charge in [0.05, 0.1) is 23.9 Å². The summed E-state index contributed by atoms with van der Waals surface area (Å²) in [6.07, 6.45) is 1.73. The highest BCUT2D eigenvalue weighted by molar-refractivity contribution is 6.07.